The molecule has 0 atom stereocenters. The first kappa shape index (κ1) is 23.4. The van der Waals surface area contributed by atoms with Gasteiger partial charge in [0.2, 0.25) is 0 Å². The van der Waals surface area contributed by atoms with E-state index in [9.17, 15) is 9.59 Å². The van der Waals surface area contributed by atoms with Crippen LogP contribution >= 0.6 is 0 Å². The van der Waals surface area contributed by atoms with Crippen molar-refractivity contribution in [1.29, 1.82) is 0 Å². The van der Waals surface area contributed by atoms with E-state index in [1.54, 1.807) is 6.07 Å². The highest BCUT2D eigenvalue weighted by atomic mass is 16.5. The molecule has 1 heterocycles. The molecule has 1 aromatic carbocycles. The van der Waals surface area contributed by atoms with Gasteiger partial charge in [-0.1, -0.05) is 13.8 Å². The Balaban J connectivity index is 1.62. The minimum Gasteiger partial charge on any atom is -0.394 e. The molecular weight excluding hydrogens is 420 g/mol. The fraction of sp³-hybridized carbons (Fsp3) is 0.560. The van der Waals surface area contributed by atoms with Crippen LogP contribution in [0.1, 0.15) is 78.1 Å². The van der Waals surface area contributed by atoms with Gasteiger partial charge < -0.3 is 20.9 Å². The zero-order valence-corrected chi connectivity index (χ0v) is 19.7. The first-order valence-electron chi connectivity index (χ1n) is 11.7. The van der Waals surface area contributed by atoms with Gasteiger partial charge in [0.05, 0.1) is 47.5 Å². The highest BCUT2D eigenvalue weighted by Crippen LogP contribution is 2.37. The SMILES string of the molecule is Cc1nn(-c2ccc(C(N)=O)c(NC3CCC(OCCO)CC3)c2)c2c1C(=O)CC(C)(C)C2. The van der Waals surface area contributed by atoms with Gasteiger partial charge in [0.25, 0.3) is 5.91 Å². The molecule has 1 amide bonds. The van der Waals surface area contributed by atoms with Gasteiger partial charge in [-0.25, -0.2) is 4.68 Å². The lowest BCUT2D eigenvalue weighted by Gasteiger charge is -2.30. The van der Waals surface area contributed by atoms with E-state index in [0.717, 1.165) is 54.7 Å². The van der Waals surface area contributed by atoms with E-state index in [1.807, 2.05) is 23.7 Å². The van der Waals surface area contributed by atoms with Crippen LogP contribution in [0, 0.1) is 12.3 Å². The fourth-order valence-electron chi connectivity index (χ4n) is 5.16. The van der Waals surface area contributed by atoms with Crippen LogP contribution in [0.25, 0.3) is 5.69 Å². The number of primary amides is 1. The van der Waals surface area contributed by atoms with E-state index >= 15 is 0 Å². The number of ketones is 1. The highest BCUT2D eigenvalue weighted by Gasteiger charge is 2.36. The van der Waals surface area contributed by atoms with E-state index in [1.165, 1.54) is 0 Å². The average Bonchev–Trinajstić information content (AvgIpc) is 3.08. The van der Waals surface area contributed by atoms with Crippen molar-refractivity contribution in [3.63, 3.8) is 0 Å². The predicted molar refractivity (Wildman–Crippen MR) is 126 cm³/mol. The Hall–Kier alpha value is -2.71. The van der Waals surface area contributed by atoms with Gasteiger partial charge in [0, 0.05) is 18.2 Å². The van der Waals surface area contributed by atoms with E-state index in [0.29, 0.717) is 24.3 Å². The Labute approximate surface area is 194 Å². The second-order valence-electron chi connectivity index (χ2n) is 10.1. The lowest BCUT2D eigenvalue weighted by Crippen LogP contribution is -2.31. The number of amides is 1. The normalized spacial score (nSPS) is 22.1. The Morgan fingerprint density at radius 2 is 2.00 bits per heavy atom. The largest absolute Gasteiger partial charge is 0.394 e. The smallest absolute Gasteiger partial charge is 0.250 e. The van der Waals surface area contributed by atoms with Gasteiger partial charge in [0.15, 0.2) is 5.78 Å². The standard InChI is InChI=1S/C25H34N4O4/c1-15-23-21(13-25(2,3)14-22(23)31)29(28-15)17-6-9-19(24(26)32)20(12-17)27-16-4-7-18(8-5-16)33-11-10-30/h6,9,12,16,18,27,30H,4-5,7-8,10-11,13-14H2,1-3H3,(H2,26,32). The molecule has 2 aromatic rings. The number of benzene rings is 1. The molecule has 1 aromatic heterocycles. The molecule has 8 nitrogen and oxygen atoms in total. The number of carbonyl (C=O) groups excluding carboxylic acids is 2. The van der Waals surface area contributed by atoms with E-state index in [-0.39, 0.29) is 30.0 Å². The third kappa shape index (κ3) is 4.96. The molecule has 0 unspecified atom stereocenters. The van der Waals surface area contributed by atoms with Crippen LogP contribution in [0.15, 0.2) is 18.2 Å². The van der Waals surface area contributed by atoms with Crippen molar-refractivity contribution >= 4 is 17.4 Å². The first-order chi connectivity index (χ1) is 15.7. The third-order valence-corrected chi connectivity index (χ3v) is 6.71. The second-order valence-corrected chi connectivity index (χ2v) is 10.1. The molecular formula is C25H34N4O4. The number of nitrogens with two attached hydrogens (primary N) is 1. The maximum absolute atomic E-state index is 12.8. The van der Waals surface area contributed by atoms with Crippen LogP contribution in [0.2, 0.25) is 0 Å². The van der Waals surface area contributed by atoms with Crippen molar-refractivity contribution in [2.75, 3.05) is 18.5 Å². The molecule has 1 fully saturated rings. The van der Waals surface area contributed by atoms with Crippen LogP contribution in [-0.4, -0.2) is 51.9 Å². The quantitative estimate of drug-likeness (QED) is 0.591. The average molecular weight is 455 g/mol. The summed E-state index contributed by atoms with van der Waals surface area (Å²) in [5.74, 6) is -0.351. The molecule has 33 heavy (non-hydrogen) atoms. The maximum Gasteiger partial charge on any atom is 0.250 e. The number of anilines is 1. The number of aliphatic hydroxyl groups is 1. The Bertz CT molecular complexity index is 1050. The van der Waals surface area contributed by atoms with Crippen LogP contribution in [-0.2, 0) is 11.2 Å². The van der Waals surface area contributed by atoms with Crippen molar-refractivity contribution in [3.05, 3.63) is 40.7 Å². The Kier molecular flexibility index (Phi) is 6.59. The number of aliphatic hydroxyl groups excluding tert-OH is 1. The van der Waals surface area contributed by atoms with Crippen molar-refractivity contribution < 1.29 is 19.4 Å². The topological polar surface area (TPSA) is 119 Å². The number of carbonyl (C=O) groups is 2. The van der Waals surface area contributed by atoms with Gasteiger partial charge in [-0.05, 0) is 62.6 Å². The molecule has 2 aliphatic carbocycles. The number of nitrogens with zero attached hydrogens (tertiary/aromatic N) is 2. The minimum atomic E-state index is -0.487. The summed E-state index contributed by atoms with van der Waals surface area (Å²) in [5, 5.41) is 17.2. The van der Waals surface area contributed by atoms with Crippen LogP contribution in [0.4, 0.5) is 5.69 Å². The first-order valence-corrected chi connectivity index (χ1v) is 11.7. The number of hydrogen-bond acceptors (Lipinski definition) is 6. The van der Waals surface area contributed by atoms with Gasteiger partial charge in [0.1, 0.15) is 0 Å². The number of aromatic nitrogens is 2. The summed E-state index contributed by atoms with van der Waals surface area (Å²) in [6.45, 7) is 6.48. The summed E-state index contributed by atoms with van der Waals surface area (Å²) in [6.07, 6.45) is 5.03. The van der Waals surface area contributed by atoms with Gasteiger partial charge >= 0.3 is 0 Å². The molecule has 4 N–H and O–H groups in total. The van der Waals surface area contributed by atoms with Crippen LogP contribution in [0.3, 0.4) is 0 Å². The zero-order valence-electron chi connectivity index (χ0n) is 19.7. The Morgan fingerprint density at radius 3 is 2.67 bits per heavy atom. The molecule has 4 rings (SSSR count). The summed E-state index contributed by atoms with van der Waals surface area (Å²) >= 11 is 0. The third-order valence-electron chi connectivity index (χ3n) is 6.71. The van der Waals surface area contributed by atoms with E-state index in [2.05, 4.69) is 19.2 Å². The summed E-state index contributed by atoms with van der Waals surface area (Å²) in [5.41, 5.74) is 9.85. The summed E-state index contributed by atoms with van der Waals surface area (Å²) in [6, 6.07) is 5.67. The molecule has 0 radical (unpaired) electrons. The molecule has 8 heteroatoms. The second kappa shape index (κ2) is 9.27. The number of aryl methyl sites for hydroxylation is 1. The molecule has 2 aliphatic rings. The number of rotatable bonds is 7. The number of Topliss-reactive ketones (excluding diaryl/α,β-unsaturated/α-hetero) is 1. The van der Waals surface area contributed by atoms with Crippen LogP contribution in [0.5, 0.6) is 0 Å². The minimum absolute atomic E-state index is 0.0341. The number of nitrogens with one attached hydrogen (secondary N) is 1. The Morgan fingerprint density at radius 1 is 1.27 bits per heavy atom. The zero-order chi connectivity index (χ0) is 23.8. The molecule has 0 bridgehead atoms. The summed E-state index contributed by atoms with van der Waals surface area (Å²) in [7, 11) is 0. The lowest BCUT2D eigenvalue weighted by molar-refractivity contribution is 0.00722. The van der Waals surface area contributed by atoms with Crippen molar-refractivity contribution in [1.82, 2.24) is 9.78 Å². The maximum atomic E-state index is 12.8. The summed E-state index contributed by atoms with van der Waals surface area (Å²) < 4.78 is 7.51. The van der Waals surface area contributed by atoms with Crippen molar-refractivity contribution in [2.45, 2.75) is 71.4 Å². The van der Waals surface area contributed by atoms with Gasteiger partial charge in [-0.2, -0.15) is 5.10 Å². The van der Waals surface area contributed by atoms with Gasteiger partial charge in [-0.15, -0.1) is 0 Å². The molecule has 0 spiro atoms. The van der Waals surface area contributed by atoms with E-state index in [4.69, 9.17) is 20.7 Å². The molecule has 1 saturated carbocycles. The number of fused-ring (bicyclic) bond motifs is 1. The molecule has 0 aliphatic heterocycles. The van der Waals surface area contributed by atoms with Crippen LogP contribution < -0.4 is 11.1 Å². The van der Waals surface area contributed by atoms with Crippen molar-refractivity contribution in [2.24, 2.45) is 11.1 Å². The number of ether oxygens (including phenoxy) is 1. The predicted octanol–water partition coefficient (Wildman–Crippen LogP) is 3.17. The van der Waals surface area contributed by atoms with Crippen molar-refractivity contribution in [3.8, 4) is 5.69 Å². The fourth-order valence-corrected chi connectivity index (χ4v) is 5.16. The summed E-state index contributed by atoms with van der Waals surface area (Å²) in [4.78, 5) is 24.9. The molecule has 178 valence electrons. The number of hydrogen-bond donors (Lipinski definition) is 3. The van der Waals surface area contributed by atoms with Gasteiger partial charge in [-0.3, -0.25) is 9.59 Å². The monoisotopic (exact) mass is 454 g/mol. The van der Waals surface area contributed by atoms with E-state index < -0.39 is 5.91 Å². The highest BCUT2D eigenvalue weighted by molar-refractivity contribution is 6.00. The molecule has 0 saturated heterocycles. The lowest BCUT2D eigenvalue weighted by atomic mass is 9.75.